The first-order valence-electron chi connectivity index (χ1n) is 8.29. The lowest BCUT2D eigenvalue weighted by atomic mass is 9.95. The summed E-state index contributed by atoms with van der Waals surface area (Å²) in [6.45, 7) is 0.502. The quantitative estimate of drug-likeness (QED) is 0.698. The summed E-state index contributed by atoms with van der Waals surface area (Å²) in [6.07, 6.45) is -3.29. The van der Waals surface area contributed by atoms with E-state index in [4.69, 9.17) is 23.2 Å². The van der Waals surface area contributed by atoms with E-state index < -0.39 is 29.8 Å². The number of alkyl halides is 3. The van der Waals surface area contributed by atoms with Gasteiger partial charge < -0.3 is 5.11 Å². The molecular formula is C19H16Cl2F3NO2. The number of halogens is 5. The van der Waals surface area contributed by atoms with E-state index >= 15 is 0 Å². The normalized spacial score (nSPS) is 19.2. The summed E-state index contributed by atoms with van der Waals surface area (Å²) in [4.78, 5) is 13.4. The Morgan fingerprint density at radius 3 is 2.37 bits per heavy atom. The Bertz CT molecular complexity index is 840. The first-order chi connectivity index (χ1) is 12.7. The zero-order chi connectivity index (χ0) is 19.8. The lowest BCUT2D eigenvalue weighted by molar-refractivity contribution is -0.142. The molecule has 1 heterocycles. The summed E-state index contributed by atoms with van der Waals surface area (Å²) in [7, 11) is 0. The van der Waals surface area contributed by atoms with Gasteiger partial charge in [-0.15, -0.1) is 0 Å². The highest BCUT2D eigenvalue weighted by Crippen LogP contribution is 2.39. The van der Waals surface area contributed by atoms with Crippen molar-refractivity contribution in [2.24, 2.45) is 0 Å². The minimum Gasteiger partial charge on any atom is -0.480 e. The van der Waals surface area contributed by atoms with Crippen molar-refractivity contribution < 1.29 is 23.1 Å². The fraction of sp³-hybridized carbons (Fsp3) is 0.316. The number of aliphatic carboxylic acids is 1. The van der Waals surface area contributed by atoms with E-state index in [9.17, 15) is 23.1 Å². The van der Waals surface area contributed by atoms with Crippen LogP contribution in [-0.4, -0.2) is 28.6 Å². The third kappa shape index (κ3) is 4.23. The van der Waals surface area contributed by atoms with E-state index in [0.717, 1.165) is 12.1 Å². The van der Waals surface area contributed by atoms with Gasteiger partial charge in [0, 0.05) is 16.6 Å². The maximum atomic E-state index is 12.9. The van der Waals surface area contributed by atoms with Crippen molar-refractivity contribution in [1.82, 2.24) is 4.90 Å². The van der Waals surface area contributed by atoms with E-state index in [0.29, 0.717) is 40.6 Å². The minimum atomic E-state index is -4.44. The maximum absolute atomic E-state index is 12.9. The number of hydrogen-bond donors (Lipinski definition) is 1. The molecular weight excluding hydrogens is 402 g/mol. The second-order valence-electron chi connectivity index (χ2n) is 6.42. The van der Waals surface area contributed by atoms with E-state index in [-0.39, 0.29) is 0 Å². The second-order valence-corrected chi connectivity index (χ2v) is 7.27. The molecule has 2 atom stereocenters. The molecule has 0 aliphatic carbocycles. The van der Waals surface area contributed by atoms with Crippen LogP contribution in [0.15, 0.2) is 42.5 Å². The average Bonchev–Trinajstić information content (AvgIpc) is 3.06. The number of likely N-dealkylation sites (tertiary alicyclic amines) is 1. The van der Waals surface area contributed by atoms with Gasteiger partial charge in [0.25, 0.3) is 0 Å². The topological polar surface area (TPSA) is 40.5 Å². The lowest BCUT2D eigenvalue weighted by Gasteiger charge is -2.32. The second kappa shape index (κ2) is 7.70. The van der Waals surface area contributed by atoms with Crippen LogP contribution in [0.5, 0.6) is 0 Å². The zero-order valence-corrected chi connectivity index (χ0v) is 15.5. The highest BCUT2D eigenvalue weighted by atomic mass is 35.5. The summed E-state index contributed by atoms with van der Waals surface area (Å²) < 4.78 is 38.7. The van der Waals surface area contributed by atoms with Crippen LogP contribution < -0.4 is 0 Å². The molecule has 0 spiro atoms. The largest absolute Gasteiger partial charge is 0.480 e. The van der Waals surface area contributed by atoms with Crippen LogP contribution in [0.3, 0.4) is 0 Å². The third-order valence-electron chi connectivity index (χ3n) is 4.72. The number of carbonyl (C=O) groups is 1. The molecule has 1 aliphatic heterocycles. The smallest absolute Gasteiger partial charge is 0.416 e. The number of rotatable bonds is 4. The number of nitrogens with zero attached hydrogens (tertiary/aromatic N) is 1. The summed E-state index contributed by atoms with van der Waals surface area (Å²) in [6, 6.07) is 8.28. The van der Waals surface area contributed by atoms with Crippen molar-refractivity contribution >= 4 is 29.2 Å². The molecule has 8 heteroatoms. The fourth-order valence-corrected chi connectivity index (χ4v) is 4.00. The van der Waals surface area contributed by atoms with Crippen LogP contribution in [0.2, 0.25) is 10.0 Å². The van der Waals surface area contributed by atoms with Gasteiger partial charge in [0.2, 0.25) is 0 Å². The molecule has 0 bridgehead atoms. The number of hydrogen-bond acceptors (Lipinski definition) is 2. The van der Waals surface area contributed by atoms with E-state index in [1.807, 2.05) is 0 Å². The van der Waals surface area contributed by atoms with Crippen LogP contribution in [-0.2, 0) is 11.0 Å². The van der Waals surface area contributed by atoms with Crippen LogP contribution in [0, 0.1) is 0 Å². The molecule has 2 aromatic rings. The van der Waals surface area contributed by atoms with Crippen LogP contribution >= 0.6 is 23.2 Å². The molecule has 1 N–H and O–H groups in total. The van der Waals surface area contributed by atoms with Crippen molar-refractivity contribution in [2.45, 2.75) is 31.1 Å². The predicted molar refractivity (Wildman–Crippen MR) is 97.1 cm³/mol. The highest BCUT2D eigenvalue weighted by molar-refractivity contribution is 6.35. The summed E-state index contributed by atoms with van der Waals surface area (Å²) in [5, 5.41) is 10.3. The molecule has 0 radical (unpaired) electrons. The van der Waals surface area contributed by atoms with Crippen LogP contribution in [0.4, 0.5) is 13.2 Å². The number of carboxylic acid groups (broad SMARTS) is 1. The van der Waals surface area contributed by atoms with Gasteiger partial charge in [0.15, 0.2) is 0 Å². The van der Waals surface area contributed by atoms with Gasteiger partial charge in [-0.05, 0) is 48.2 Å². The van der Waals surface area contributed by atoms with Crippen molar-refractivity contribution in [3.05, 3.63) is 69.2 Å². The Balaban J connectivity index is 2.08. The molecule has 1 aliphatic rings. The van der Waals surface area contributed by atoms with Crippen molar-refractivity contribution in [2.75, 3.05) is 6.54 Å². The van der Waals surface area contributed by atoms with Gasteiger partial charge in [-0.2, -0.15) is 13.2 Å². The standard InChI is InChI=1S/C19H16Cl2F3NO2/c20-13-7-8-14(15(21)10-13)17(25-9-1-2-16(25)18(26)27)11-3-5-12(6-4-11)19(22,23)24/h3-8,10,16-17H,1-2,9H2,(H,26,27). The summed E-state index contributed by atoms with van der Waals surface area (Å²) in [5.41, 5.74) is 0.387. The van der Waals surface area contributed by atoms with Crippen LogP contribution in [0.25, 0.3) is 0 Å². The molecule has 27 heavy (non-hydrogen) atoms. The summed E-state index contributed by atoms with van der Waals surface area (Å²) >= 11 is 12.3. The van der Waals surface area contributed by atoms with Gasteiger partial charge in [0.05, 0.1) is 11.6 Å². The molecule has 0 amide bonds. The Morgan fingerprint density at radius 1 is 1.15 bits per heavy atom. The Morgan fingerprint density at radius 2 is 1.81 bits per heavy atom. The molecule has 1 saturated heterocycles. The zero-order valence-electron chi connectivity index (χ0n) is 14.0. The summed E-state index contributed by atoms with van der Waals surface area (Å²) in [5.74, 6) is -0.963. The molecule has 0 saturated carbocycles. The SMILES string of the molecule is O=C(O)C1CCCN1C(c1ccc(C(F)(F)F)cc1)c1ccc(Cl)cc1Cl. The molecule has 0 aromatic heterocycles. The van der Waals surface area contributed by atoms with E-state index in [1.54, 1.807) is 23.1 Å². The molecule has 2 aromatic carbocycles. The van der Waals surface area contributed by atoms with E-state index in [2.05, 4.69) is 0 Å². The average molecular weight is 418 g/mol. The van der Waals surface area contributed by atoms with Gasteiger partial charge in [-0.3, -0.25) is 9.69 Å². The Labute approximate surface area is 164 Å². The fourth-order valence-electron chi connectivity index (χ4n) is 3.49. The number of benzene rings is 2. The predicted octanol–water partition coefficient (Wildman–Crippen LogP) is 5.65. The molecule has 3 nitrogen and oxygen atoms in total. The first kappa shape index (κ1) is 20.0. The Hall–Kier alpha value is -1.76. The van der Waals surface area contributed by atoms with Crippen molar-refractivity contribution in [3.8, 4) is 0 Å². The van der Waals surface area contributed by atoms with Crippen LogP contribution in [0.1, 0.15) is 35.6 Å². The molecule has 1 fully saturated rings. The number of carboxylic acids is 1. The highest BCUT2D eigenvalue weighted by Gasteiger charge is 2.38. The Kier molecular flexibility index (Phi) is 5.70. The minimum absolute atomic E-state index is 0.337. The van der Waals surface area contributed by atoms with Gasteiger partial charge in [0.1, 0.15) is 6.04 Å². The monoisotopic (exact) mass is 417 g/mol. The van der Waals surface area contributed by atoms with Crippen molar-refractivity contribution in [3.63, 3.8) is 0 Å². The maximum Gasteiger partial charge on any atom is 0.416 e. The van der Waals surface area contributed by atoms with Crippen molar-refractivity contribution in [1.29, 1.82) is 0 Å². The van der Waals surface area contributed by atoms with Gasteiger partial charge in [-0.1, -0.05) is 41.4 Å². The lowest BCUT2D eigenvalue weighted by Crippen LogP contribution is -2.39. The molecule has 2 unspecified atom stereocenters. The third-order valence-corrected chi connectivity index (χ3v) is 5.28. The van der Waals surface area contributed by atoms with Gasteiger partial charge >= 0.3 is 12.1 Å². The van der Waals surface area contributed by atoms with Gasteiger partial charge in [-0.25, -0.2) is 0 Å². The molecule has 3 rings (SSSR count). The molecule has 144 valence electrons. The first-order valence-corrected chi connectivity index (χ1v) is 9.04. The van der Waals surface area contributed by atoms with E-state index in [1.165, 1.54) is 12.1 Å².